The summed E-state index contributed by atoms with van der Waals surface area (Å²) in [4.78, 5) is 0. The minimum absolute atomic E-state index is 0.278. The van der Waals surface area contributed by atoms with Gasteiger partial charge in [-0.25, -0.2) is 4.39 Å². The second-order valence-electron chi connectivity index (χ2n) is 2.73. The first-order valence-corrected chi connectivity index (χ1v) is 5.85. The number of hydrogen-bond donors (Lipinski definition) is 0. The molecule has 4 heteroatoms. The van der Waals surface area contributed by atoms with Gasteiger partial charge in [0.15, 0.2) is 5.79 Å². The summed E-state index contributed by atoms with van der Waals surface area (Å²) in [6, 6.07) is 0.278. The van der Waals surface area contributed by atoms with E-state index in [2.05, 4.69) is 6.58 Å². The molecular formula is C7H12F2OSi. The Hall–Kier alpha value is -0.223. The fourth-order valence-corrected chi connectivity index (χ4v) is 3.32. The summed E-state index contributed by atoms with van der Waals surface area (Å²) in [5, 5.41) is 0. The molecular weight excluding hydrogens is 166 g/mol. The van der Waals surface area contributed by atoms with Gasteiger partial charge in [-0.2, -0.15) is 0 Å². The van der Waals surface area contributed by atoms with Crippen LogP contribution in [0.1, 0.15) is 12.8 Å². The van der Waals surface area contributed by atoms with E-state index in [0.717, 1.165) is 18.9 Å². The average Bonchev–Trinajstić information content (AvgIpc) is 2.04. The van der Waals surface area contributed by atoms with Crippen LogP contribution in [0.15, 0.2) is 12.7 Å². The maximum absolute atomic E-state index is 13.4. The number of hydrogen-bond acceptors (Lipinski definition) is 1. The Balaban J connectivity index is 2.55. The van der Waals surface area contributed by atoms with E-state index in [0.29, 0.717) is 6.61 Å². The molecule has 0 saturated carbocycles. The molecule has 1 fully saturated rings. The Kier molecular flexibility index (Phi) is 2.78. The van der Waals surface area contributed by atoms with Crippen molar-refractivity contribution in [3.8, 4) is 0 Å². The van der Waals surface area contributed by atoms with Crippen LogP contribution in [0.25, 0.3) is 0 Å². The Labute approximate surface area is 66.4 Å². The lowest BCUT2D eigenvalue weighted by Gasteiger charge is -2.27. The van der Waals surface area contributed by atoms with Crippen molar-refractivity contribution in [3.05, 3.63) is 12.7 Å². The van der Waals surface area contributed by atoms with Gasteiger partial charge in [-0.15, -0.1) is 6.58 Å². The third-order valence-corrected chi connectivity index (χ3v) is 4.65. The zero-order chi connectivity index (χ0) is 8.32. The van der Waals surface area contributed by atoms with Crippen molar-refractivity contribution in [2.45, 2.75) is 24.7 Å². The van der Waals surface area contributed by atoms with E-state index in [1.165, 1.54) is 0 Å². The van der Waals surface area contributed by atoms with Crippen molar-refractivity contribution in [1.82, 2.24) is 0 Å². The molecule has 0 aromatic carbocycles. The first kappa shape index (κ1) is 8.87. The summed E-state index contributed by atoms with van der Waals surface area (Å²) in [7, 11) is -3.52. The van der Waals surface area contributed by atoms with Gasteiger partial charge in [0.1, 0.15) is 0 Å². The normalized spacial score (nSPS) is 34.7. The Bertz CT molecular complexity index is 145. The quantitative estimate of drug-likeness (QED) is 0.358. The molecule has 1 aliphatic heterocycles. The Morgan fingerprint density at radius 3 is 2.73 bits per heavy atom. The maximum atomic E-state index is 13.4. The van der Waals surface area contributed by atoms with Crippen LogP contribution in [-0.4, -0.2) is 21.1 Å². The van der Waals surface area contributed by atoms with Gasteiger partial charge >= 0.3 is 8.65 Å². The minimum atomic E-state index is -3.52. The van der Waals surface area contributed by atoms with Gasteiger partial charge < -0.3 is 4.43 Å². The van der Waals surface area contributed by atoms with Gasteiger partial charge in [0.05, 0.1) is 0 Å². The average molecular weight is 178 g/mol. The SMILES string of the molecule is C=CC(F)[Si]1(F)CCCCO1. The van der Waals surface area contributed by atoms with Gasteiger partial charge in [-0.05, 0) is 18.9 Å². The predicted octanol–water partition coefficient (Wildman–Crippen LogP) is 2.27. The van der Waals surface area contributed by atoms with Gasteiger partial charge in [0.2, 0.25) is 0 Å². The first-order chi connectivity index (χ1) is 5.19. The van der Waals surface area contributed by atoms with Crippen molar-refractivity contribution in [1.29, 1.82) is 0 Å². The minimum Gasteiger partial charge on any atom is -0.390 e. The van der Waals surface area contributed by atoms with Crippen LogP contribution >= 0.6 is 0 Å². The van der Waals surface area contributed by atoms with Crippen molar-refractivity contribution >= 4 is 8.65 Å². The molecule has 1 saturated heterocycles. The van der Waals surface area contributed by atoms with E-state index < -0.39 is 14.4 Å². The van der Waals surface area contributed by atoms with Crippen LogP contribution in [-0.2, 0) is 4.43 Å². The standard InChI is InChI=1S/C7H12F2OSi/c1-2-7(8)11(9)6-4-3-5-10-11/h2,7H,1,3-6H2. The molecule has 1 aliphatic rings. The molecule has 1 nitrogen and oxygen atoms in total. The van der Waals surface area contributed by atoms with Gasteiger partial charge in [0.25, 0.3) is 0 Å². The summed E-state index contributed by atoms with van der Waals surface area (Å²) in [5.74, 6) is -1.55. The molecule has 2 atom stereocenters. The zero-order valence-electron chi connectivity index (χ0n) is 6.35. The molecule has 0 amide bonds. The summed E-state index contributed by atoms with van der Waals surface area (Å²) in [6.45, 7) is 3.59. The van der Waals surface area contributed by atoms with Gasteiger partial charge in [0, 0.05) is 6.61 Å². The van der Waals surface area contributed by atoms with E-state index >= 15 is 0 Å². The monoisotopic (exact) mass is 178 g/mol. The Morgan fingerprint density at radius 1 is 1.55 bits per heavy atom. The topological polar surface area (TPSA) is 9.23 Å². The second kappa shape index (κ2) is 3.45. The molecule has 2 unspecified atom stereocenters. The molecule has 0 aromatic rings. The number of alkyl halides is 1. The molecule has 1 heterocycles. The van der Waals surface area contributed by atoms with Crippen LogP contribution in [0.4, 0.5) is 8.50 Å². The molecule has 0 radical (unpaired) electrons. The molecule has 64 valence electrons. The number of allylic oxidation sites excluding steroid dienone is 1. The molecule has 11 heavy (non-hydrogen) atoms. The van der Waals surface area contributed by atoms with E-state index in [1.54, 1.807) is 0 Å². The zero-order valence-corrected chi connectivity index (χ0v) is 7.35. The molecule has 1 rings (SSSR count). The molecule has 0 N–H and O–H groups in total. The Morgan fingerprint density at radius 2 is 2.27 bits per heavy atom. The summed E-state index contributed by atoms with van der Waals surface area (Å²) in [5.41, 5.74) is 0. The fourth-order valence-electron chi connectivity index (χ4n) is 1.18. The highest BCUT2D eigenvalue weighted by Crippen LogP contribution is 2.28. The fraction of sp³-hybridized carbons (Fsp3) is 0.714. The third kappa shape index (κ3) is 1.87. The lowest BCUT2D eigenvalue weighted by molar-refractivity contribution is 0.207. The summed E-state index contributed by atoms with van der Waals surface area (Å²) < 4.78 is 31.1. The molecule has 0 bridgehead atoms. The maximum Gasteiger partial charge on any atom is 0.421 e. The molecule has 0 spiro atoms. The van der Waals surface area contributed by atoms with Crippen LogP contribution in [0.5, 0.6) is 0 Å². The van der Waals surface area contributed by atoms with Crippen LogP contribution in [0, 0.1) is 0 Å². The molecule has 0 aliphatic carbocycles. The summed E-state index contributed by atoms with van der Waals surface area (Å²) in [6.07, 6.45) is 2.61. The second-order valence-corrected chi connectivity index (χ2v) is 5.64. The molecule has 0 aromatic heterocycles. The highest BCUT2D eigenvalue weighted by atomic mass is 28.4. The van der Waals surface area contributed by atoms with E-state index in [9.17, 15) is 8.50 Å². The van der Waals surface area contributed by atoms with Gasteiger partial charge in [-0.1, -0.05) is 6.08 Å². The predicted molar refractivity (Wildman–Crippen MR) is 41.9 cm³/mol. The van der Waals surface area contributed by atoms with Crippen molar-refractivity contribution in [2.24, 2.45) is 0 Å². The van der Waals surface area contributed by atoms with Crippen molar-refractivity contribution in [3.63, 3.8) is 0 Å². The third-order valence-electron chi connectivity index (χ3n) is 1.87. The first-order valence-electron chi connectivity index (χ1n) is 3.78. The largest absolute Gasteiger partial charge is 0.421 e. The number of halogens is 2. The highest BCUT2D eigenvalue weighted by molar-refractivity contribution is 6.68. The number of rotatable bonds is 2. The van der Waals surface area contributed by atoms with Gasteiger partial charge in [-0.3, -0.25) is 4.11 Å². The van der Waals surface area contributed by atoms with Crippen LogP contribution in [0.3, 0.4) is 0 Å². The lowest BCUT2D eigenvalue weighted by Crippen LogP contribution is -2.45. The van der Waals surface area contributed by atoms with E-state index in [4.69, 9.17) is 4.43 Å². The summed E-state index contributed by atoms with van der Waals surface area (Å²) >= 11 is 0. The van der Waals surface area contributed by atoms with Crippen LogP contribution in [0.2, 0.25) is 6.04 Å². The smallest absolute Gasteiger partial charge is 0.390 e. The van der Waals surface area contributed by atoms with Crippen molar-refractivity contribution < 1.29 is 12.9 Å². The highest BCUT2D eigenvalue weighted by Gasteiger charge is 2.46. The van der Waals surface area contributed by atoms with Crippen LogP contribution < -0.4 is 0 Å². The van der Waals surface area contributed by atoms with E-state index in [-0.39, 0.29) is 6.04 Å². The van der Waals surface area contributed by atoms with E-state index in [1.807, 2.05) is 0 Å². The van der Waals surface area contributed by atoms with Crippen molar-refractivity contribution in [2.75, 3.05) is 6.61 Å². The lowest BCUT2D eigenvalue weighted by atomic mass is 10.4.